The molecule has 0 spiro atoms. The number of fused-ring (bicyclic) bond motifs is 3. The summed E-state index contributed by atoms with van der Waals surface area (Å²) in [5, 5.41) is 10.6. The van der Waals surface area contributed by atoms with Crippen LogP contribution in [0.4, 0.5) is 4.79 Å². The lowest BCUT2D eigenvalue weighted by atomic mass is 9.89. The van der Waals surface area contributed by atoms with Gasteiger partial charge >= 0.3 is 6.09 Å². The molecule has 3 aliphatic rings. The number of Topliss-reactive ketones (excluding diaryl/α,β-unsaturated/α-hetero) is 1. The quantitative estimate of drug-likeness (QED) is 0.287. The van der Waals surface area contributed by atoms with Gasteiger partial charge in [0.25, 0.3) is 5.91 Å². The van der Waals surface area contributed by atoms with Crippen molar-refractivity contribution in [2.75, 3.05) is 27.2 Å². The van der Waals surface area contributed by atoms with E-state index >= 15 is 0 Å². The van der Waals surface area contributed by atoms with Crippen LogP contribution < -0.4 is 21.3 Å². The van der Waals surface area contributed by atoms with Gasteiger partial charge in [0, 0.05) is 26.6 Å². The number of likely N-dealkylation sites (N-methyl/N-ethyl adjacent to an activating group) is 1. The van der Waals surface area contributed by atoms with Crippen LogP contribution in [0.1, 0.15) is 117 Å². The van der Waals surface area contributed by atoms with Gasteiger partial charge in [0.2, 0.25) is 29.4 Å². The Morgan fingerprint density at radius 2 is 1.55 bits per heavy atom. The third-order valence-corrected chi connectivity index (χ3v) is 10.5. The second-order valence-corrected chi connectivity index (χ2v) is 17.1. The maximum Gasteiger partial charge on any atom is 0.408 e. The van der Waals surface area contributed by atoms with Gasteiger partial charge in [-0.05, 0) is 59.4 Å². The normalized spacial score (nSPS) is 25.3. The van der Waals surface area contributed by atoms with Gasteiger partial charge in [0.15, 0.2) is 0 Å². The molecule has 0 bridgehead atoms. The topological polar surface area (TPSA) is 193 Å². The van der Waals surface area contributed by atoms with Crippen LogP contribution in [0, 0.1) is 5.92 Å². The summed E-state index contributed by atoms with van der Waals surface area (Å²) in [7, 11) is 3.13. The minimum atomic E-state index is -1.23. The third kappa shape index (κ3) is 12.5. The van der Waals surface area contributed by atoms with Crippen LogP contribution in [0.5, 0.6) is 0 Å². The fraction of sp³-hybridized carbons (Fsp3) is 0.683. The number of benzene rings is 1. The molecule has 1 aromatic rings. The smallest absolute Gasteiger partial charge is 0.408 e. The van der Waals surface area contributed by atoms with E-state index in [2.05, 4.69) is 21.3 Å². The van der Waals surface area contributed by atoms with Gasteiger partial charge in [-0.2, -0.15) is 0 Å². The van der Waals surface area contributed by atoms with Gasteiger partial charge in [-0.1, -0.05) is 81.7 Å². The molecule has 4 rings (SSSR count). The van der Waals surface area contributed by atoms with Gasteiger partial charge in [-0.3, -0.25) is 28.8 Å². The van der Waals surface area contributed by atoms with E-state index < -0.39 is 89.4 Å². The molecule has 6 atom stereocenters. The first-order valence-corrected chi connectivity index (χ1v) is 20.0. The van der Waals surface area contributed by atoms with E-state index in [1.165, 1.54) is 9.80 Å². The van der Waals surface area contributed by atoms with Crippen LogP contribution in [0.3, 0.4) is 0 Å². The number of ether oxygens (including phenoxy) is 2. The standard InChI is InChI=1S/C41H62N6O9/c1-40(2,3)56-39(54)44-29-22-18-13-11-9-8-10-12-17-21-28(43-35(50)33-27-23-41(4,5)55-30(27)25-47(33)37(29)52)34(49)36(51)42-24-31(48)45-32(38(53)46(6)7)26-19-15-14-16-20-26/h14-16,19-20,27-30,32-33H,8-13,17-18,21-25H2,1-7H3,(H,42,51)(H,43,50)(H,44,54)(H,45,48)/t27-,28-,29-,30-,32-,33-/m0/s1. The van der Waals surface area contributed by atoms with Crippen molar-refractivity contribution < 1.29 is 43.0 Å². The average Bonchev–Trinajstić information content (AvgIpc) is 3.62. The van der Waals surface area contributed by atoms with Crippen molar-refractivity contribution in [3.63, 3.8) is 0 Å². The molecule has 310 valence electrons. The summed E-state index contributed by atoms with van der Waals surface area (Å²) in [5.74, 6) is -4.47. The molecule has 4 N–H and O–H groups in total. The fourth-order valence-corrected chi connectivity index (χ4v) is 7.83. The number of amides is 6. The molecule has 3 saturated heterocycles. The van der Waals surface area contributed by atoms with Gasteiger partial charge in [0.05, 0.1) is 24.3 Å². The lowest BCUT2D eigenvalue weighted by Gasteiger charge is -2.33. The Kier molecular flexibility index (Phi) is 15.4. The number of hydrogen-bond donors (Lipinski definition) is 4. The molecule has 3 aliphatic heterocycles. The van der Waals surface area contributed by atoms with E-state index in [9.17, 15) is 33.6 Å². The summed E-state index contributed by atoms with van der Waals surface area (Å²) in [5.41, 5.74) is -0.793. The van der Waals surface area contributed by atoms with E-state index in [-0.39, 0.29) is 18.9 Å². The monoisotopic (exact) mass is 782 g/mol. The predicted molar refractivity (Wildman–Crippen MR) is 208 cm³/mol. The summed E-state index contributed by atoms with van der Waals surface area (Å²) in [4.78, 5) is 97.5. The molecule has 0 saturated carbocycles. The Balaban J connectivity index is 1.54. The Hall–Kier alpha value is -4.53. The minimum absolute atomic E-state index is 0.117. The van der Waals surface area contributed by atoms with Crippen molar-refractivity contribution in [1.82, 2.24) is 31.1 Å². The zero-order chi connectivity index (χ0) is 41.2. The van der Waals surface area contributed by atoms with E-state index in [0.29, 0.717) is 31.2 Å². The summed E-state index contributed by atoms with van der Waals surface area (Å²) >= 11 is 0. The molecule has 15 heteroatoms. The molecule has 0 unspecified atom stereocenters. The number of ketones is 1. The minimum Gasteiger partial charge on any atom is -0.444 e. The molecule has 6 amide bonds. The van der Waals surface area contributed by atoms with Crippen molar-refractivity contribution in [3.8, 4) is 0 Å². The summed E-state index contributed by atoms with van der Waals surface area (Å²) in [6, 6.07) is 4.45. The largest absolute Gasteiger partial charge is 0.444 e. The number of nitrogens with one attached hydrogen (secondary N) is 4. The Morgan fingerprint density at radius 3 is 2.16 bits per heavy atom. The van der Waals surface area contributed by atoms with Crippen LogP contribution in [-0.4, -0.2) is 114 Å². The molecular formula is C41H62N6O9. The third-order valence-electron chi connectivity index (χ3n) is 10.5. The van der Waals surface area contributed by atoms with Gasteiger partial charge < -0.3 is 40.5 Å². The Morgan fingerprint density at radius 1 is 0.946 bits per heavy atom. The molecule has 1 aromatic carbocycles. The summed E-state index contributed by atoms with van der Waals surface area (Å²) in [6.45, 7) is 8.59. The molecule has 0 aromatic heterocycles. The second kappa shape index (κ2) is 19.6. The second-order valence-electron chi connectivity index (χ2n) is 17.1. The van der Waals surface area contributed by atoms with Crippen LogP contribution in [-0.2, 0) is 38.2 Å². The first-order chi connectivity index (χ1) is 26.4. The summed E-state index contributed by atoms with van der Waals surface area (Å²) < 4.78 is 11.8. The average molecular weight is 783 g/mol. The van der Waals surface area contributed by atoms with Crippen molar-refractivity contribution in [3.05, 3.63) is 35.9 Å². The number of alkyl carbamates (subject to hydrolysis) is 1. The maximum absolute atomic E-state index is 14.4. The first-order valence-electron chi connectivity index (χ1n) is 20.0. The highest BCUT2D eigenvalue weighted by Gasteiger charge is 2.56. The number of carbonyl (C=O) groups excluding carboxylic acids is 7. The predicted octanol–water partition coefficient (Wildman–Crippen LogP) is 3.30. The van der Waals surface area contributed by atoms with E-state index in [0.717, 1.165) is 38.5 Å². The van der Waals surface area contributed by atoms with Crippen molar-refractivity contribution >= 4 is 41.4 Å². The lowest BCUT2D eigenvalue weighted by Crippen LogP contribution is -2.58. The SMILES string of the molecule is CN(C)C(=O)[C@@H](NC(=O)CNC(=O)C(=O)[C@@H]1CCCCCCCCCC[C@H](NC(=O)OC(C)(C)C)C(=O)N2C[C@@H]3OC(C)(C)C[C@@H]3[C@H]2C(=O)N1)c1ccccc1. The molecule has 56 heavy (non-hydrogen) atoms. The van der Waals surface area contributed by atoms with E-state index in [1.807, 2.05) is 13.8 Å². The molecule has 0 aliphatic carbocycles. The van der Waals surface area contributed by atoms with E-state index in [1.54, 1.807) is 65.2 Å². The lowest BCUT2D eigenvalue weighted by molar-refractivity contribution is -0.144. The van der Waals surface area contributed by atoms with Crippen molar-refractivity contribution in [1.29, 1.82) is 0 Å². The first kappa shape index (κ1) is 44.2. The van der Waals surface area contributed by atoms with Crippen LogP contribution >= 0.6 is 0 Å². The van der Waals surface area contributed by atoms with Gasteiger partial charge in [0.1, 0.15) is 23.7 Å². The molecule has 3 fully saturated rings. The highest BCUT2D eigenvalue weighted by atomic mass is 16.6. The van der Waals surface area contributed by atoms with E-state index in [4.69, 9.17) is 9.47 Å². The molecule has 3 heterocycles. The molecule has 15 nitrogen and oxygen atoms in total. The number of nitrogens with zero attached hydrogens (tertiary/aromatic N) is 2. The maximum atomic E-state index is 14.4. The van der Waals surface area contributed by atoms with Crippen LogP contribution in [0.15, 0.2) is 30.3 Å². The number of hydrogen-bond acceptors (Lipinski definition) is 9. The van der Waals surface area contributed by atoms with Crippen molar-refractivity contribution in [2.24, 2.45) is 5.92 Å². The zero-order valence-electron chi connectivity index (χ0n) is 34.1. The Labute approximate surface area is 330 Å². The van der Waals surface area contributed by atoms with Gasteiger partial charge in [-0.15, -0.1) is 0 Å². The van der Waals surface area contributed by atoms with Crippen LogP contribution in [0.2, 0.25) is 0 Å². The fourth-order valence-electron chi connectivity index (χ4n) is 7.83. The molecule has 0 radical (unpaired) electrons. The zero-order valence-corrected chi connectivity index (χ0v) is 34.1. The van der Waals surface area contributed by atoms with Crippen molar-refractivity contribution in [2.45, 2.75) is 147 Å². The highest BCUT2D eigenvalue weighted by Crippen LogP contribution is 2.43. The Bertz CT molecular complexity index is 1580. The van der Waals surface area contributed by atoms with Gasteiger partial charge in [-0.25, -0.2) is 4.79 Å². The number of carbonyl (C=O) groups is 7. The summed E-state index contributed by atoms with van der Waals surface area (Å²) in [6.07, 6.45) is 6.54. The molecular weight excluding hydrogens is 720 g/mol. The number of rotatable bonds is 8. The highest BCUT2D eigenvalue weighted by molar-refractivity contribution is 6.38. The van der Waals surface area contributed by atoms with Crippen LogP contribution in [0.25, 0.3) is 0 Å².